The summed E-state index contributed by atoms with van der Waals surface area (Å²) in [7, 11) is 3.79. The van der Waals surface area contributed by atoms with Crippen molar-refractivity contribution >= 4 is 33.6 Å². The topological polar surface area (TPSA) is 41.6 Å². The van der Waals surface area contributed by atoms with E-state index < -0.39 is 0 Å². The Balaban J connectivity index is 1.62. The second kappa shape index (κ2) is 9.20. The van der Waals surface area contributed by atoms with E-state index in [4.69, 9.17) is 4.74 Å². The van der Waals surface area contributed by atoms with Gasteiger partial charge in [-0.05, 0) is 74.3 Å². The van der Waals surface area contributed by atoms with E-state index in [1.165, 1.54) is 31.0 Å². The standard InChI is InChI=1S/C22H25BrN2O2/c1-25-13-3-4-18(15-25)16-5-9-20(10-6-16)24-22(26)12-7-17-14-19(23)8-11-21(17)27-2/h5-12,14,18H,3-4,13,15H2,1-2H3,(H,24,26)/b12-7+. The van der Waals surface area contributed by atoms with Gasteiger partial charge in [-0.25, -0.2) is 0 Å². The lowest BCUT2D eigenvalue weighted by molar-refractivity contribution is -0.111. The van der Waals surface area contributed by atoms with E-state index >= 15 is 0 Å². The van der Waals surface area contributed by atoms with Crippen LogP contribution in [0.5, 0.6) is 5.75 Å². The molecule has 1 N–H and O–H groups in total. The second-order valence-corrected chi connectivity index (χ2v) is 7.85. The number of nitrogens with one attached hydrogen (secondary N) is 1. The van der Waals surface area contributed by atoms with Gasteiger partial charge < -0.3 is 15.0 Å². The van der Waals surface area contributed by atoms with Crippen molar-refractivity contribution in [2.24, 2.45) is 0 Å². The van der Waals surface area contributed by atoms with Crippen LogP contribution in [-0.2, 0) is 4.79 Å². The predicted octanol–water partition coefficient (Wildman–Crippen LogP) is 4.92. The van der Waals surface area contributed by atoms with Gasteiger partial charge in [-0.3, -0.25) is 4.79 Å². The number of rotatable bonds is 5. The van der Waals surface area contributed by atoms with E-state index in [0.29, 0.717) is 5.92 Å². The van der Waals surface area contributed by atoms with Crippen molar-refractivity contribution in [3.05, 3.63) is 64.1 Å². The molecule has 2 aromatic carbocycles. The highest BCUT2D eigenvalue weighted by Crippen LogP contribution is 2.27. The molecule has 27 heavy (non-hydrogen) atoms. The first-order valence-electron chi connectivity index (χ1n) is 9.16. The Hall–Kier alpha value is -2.11. The van der Waals surface area contributed by atoms with Gasteiger partial charge in [0.15, 0.2) is 0 Å². The van der Waals surface area contributed by atoms with E-state index in [1.807, 2.05) is 30.3 Å². The Kier molecular flexibility index (Phi) is 6.69. The number of likely N-dealkylation sites (tertiary alicyclic amines) is 1. The maximum atomic E-state index is 12.2. The number of halogens is 1. The summed E-state index contributed by atoms with van der Waals surface area (Å²) in [5.41, 5.74) is 2.99. The van der Waals surface area contributed by atoms with Crippen LogP contribution in [-0.4, -0.2) is 38.1 Å². The Bertz CT molecular complexity index is 818. The largest absolute Gasteiger partial charge is 0.496 e. The summed E-state index contributed by atoms with van der Waals surface area (Å²) >= 11 is 3.44. The summed E-state index contributed by atoms with van der Waals surface area (Å²) in [5.74, 6) is 1.14. The molecule has 0 aromatic heterocycles. The molecule has 5 heteroatoms. The normalized spacial score (nSPS) is 17.8. The van der Waals surface area contributed by atoms with Gasteiger partial charge in [0.2, 0.25) is 5.91 Å². The molecule has 1 amide bonds. The van der Waals surface area contributed by atoms with Crippen molar-refractivity contribution in [3.63, 3.8) is 0 Å². The third-order valence-corrected chi connectivity index (χ3v) is 5.37. The summed E-state index contributed by atoms with van der Waals surface area (Å²) in [6, 6.07) is 13.9. The zero-order valence-corrected chi connectivity index (χ0v) is 17.3. The molecular weight excluding hydrogens is 404 g/mol. The highest BCUT2D eigenvalue weighted by atomic mass is 79.9. The van der Waals surface area contributed by atoms with Gasteiger partial charge in [0.1, 0.15) is 5.75 Å². The molecule has 3 rings (SSSR count). The molecule has 1 aliphatic rings. The number of likely N-dealkylation sites (N-methyl/N-ethyl adjacent to an activating group) is 1. The van der Waals surface area contributed by atoms with Crippen LogP contribution in [0.3, 0.4) is 0 Å². The number of benzene rings is 2. The van der Waals surface area contributed by atoms with Gasteiger partial charge >= 0.3 is 0 Å². The third-order valence-electron chi connectivity index (χ3n) is 4.88. The Morgan fingerprint density at radius 2 is 2.04 bits per heavy atom. The maximum absolute atomic E-state index is 12.2. The molecule has 0 aliphatic carbocycles. The van der Waals surface area contributed by atoms with Gasteiger partial charge in [0.05, 0.1) is 7.11 Å². The number of hydrogen-bond acceptors (Lipinski definition) is 3. The van der Waals surface area contributed by atoms with Crippen LogP contribution < -0.4 is 10.1 Å². The smallest absolute Gasteiger partial charge is 0.248 e. The number of nitrogens with zero attached hydrogens (tertiary/aromatic N) is 1. The molecule has 142 valence electrons. The monoisotopic (exact) mass is 428 g/mol. The quantitative estimate of drug-likeness (QED) is 0.687. The number of methoxy groups -OCH3 is 1. The lowest BCUT2D eigenvalue weighted by Crippen LogP contribution is -2.30. The molecule has 0 saturated carbocycles. The van der Waals surface area contributed by atoms with Crippen molar-refractivity contribution in [3.8, 4) is 5.75 Å². The zero-order valence-electron chi connectivity index (χ0n) is 15.7. The SMILES string of the molecule is COc1ccc(Br)cc1/C=C/C(=O)Nc1ccc(C2CCCN(C)C2)cc1. The first kappa shape index (κ1) is 19.6. The molecule has 1 unspecified atom stereocenters. The van der Waals surface area contributed by atoms with E-state index in [-0.39, 0.29) is 5.91 Å². The zero-order chi connectivity index (χ0) is 19.2. The van der Waals surface area contributed by atoms with Gasteiger partial charge in [-0.2, -0.15) is 0 Å². The molecule has 4 nitrogen and oxygen atoms in total. The summed E-state index contributed by atoms with van der Waals surface area (Å²) in [6.07, 6.45) is 5.75. The van der Waals surface area contributed by atoms with Gasteiger partial charge in [-0.1, -0.05) is 28.1 Å². The molecule has 2 aromatic rings. The highest BCUT2D eigenvalue weighted by Gasteiger charge is 2.18. The minimum atomic E-state index is -0.165. The summed E-state index contributed by atoms with van der Waals surface area (Å²) < 4.78 is 6.26. The average molecular weight is 429 g/mol. The Morgan fingerprint density at radius 3 is 2.74 bits per heavy atom. The summed E-state index contributed by atoms with van der Waals surface area (Å²) in [5, 5.41) is 2.91. The maximum Gasteiger partial charge on any atom is 0.248 e. The third kappa shape index (κ3) is 5.44. The fourth-order valence-corrected chi connectivity index (χ4v) is 3.84. The molecular formula is C22H25BrN2O2. The fraction of sp³-hybridized carbons (Fsp3) is 0.318. The molecule has 1 saturated heterocycles. The van der Waals surface area contributed by atoms with E-state index in [9.17, 15) is 4.79 Å². The number of carbonyl (C=O) groups is 1. The minimum absolute atomic E-state index is 0.165. The van der Waals surface area contributed by atoms with Crippen molar-refractivity contribution in [2.45, 2.75) is 18.8 Å². The van der Waals surface area contributed by atoms with Crippen LogP contribution in [0.15, 0.2) is 53.0 Å². The predicted molar refractivity (Wildman–Crippen MR) is 114 cm³/mol. The summed E-state index contributed by atoms with van der Waals surface area (Å²) in [4.78, 5) is 14.6. The molecule has 0 bridgehead atoms. The molecule has 1 atom stereocenters. The first-order valence-corrected chi connectivity index (χ1v) is 9.95. The number of amides is 1. The number of carbonyl (C=O) groups excluding carboxylic acids is 1. The fourth-order valence-electron chi connectivity index (χ4n) is 3.46. The number of piperidine rings is 1. The Labute approximate surface area is 169 Å². The lowest BCUT2D eigenvalue weighted by atomic mass is 9.91. The summed E-state index contributed by atoms with van der Waals surface area (Å²) in [6.45, 7) is 2.28. The van der Waals surface area contributed by atoms with Crippen LogP contribution in [0.1, 0.15) is 29.9 Å². The van der Waals surface area contributed by atoms with E-state index in [1.54, 1.807) is 13.2 Å². The highest BCUT2D eigenvalue weighted by molar-refractivity contribution is 9.10. The average Bonchev–Trinajstić information content (AvgIpc) is 2.67. The van der Waals surface area contributed by atoms with Crippen LogP contribution in [0.2, 0.25) is 0 Å². The van der Waals surface area contributed by atoms with Crippen LogP contribution in [0.4, 0.5) is 5.69 Å². The molecule has 0 spiro atoms. The molecule has 1 fully saturated rings. The van der Waals surface area contributed by atoms with Gasteiger partial charge in [-0.15, -0.1) is 0 Å². The van der Waals surface area contributed by atoms with Crippen LogP contribution >= 0.6 is 15.9 Å². The number of hydrogen-bond donors (Lipinski definition) is 1. The number of ether oxygens (including phenoxy) is 1. The second-order valence-electron chi connectivity index (χ2n) is 6.93. The van der Waals surface area contributed by atoms with Gasteiger partial charge in [0.25, 0.3) is 0 Å². The number of anilines is 1. The minimum Gasteiger partial charge on any atom is -0.496 e. The van der Waals surface area contributed by atoms with Crippen LogP contribution in [0, 0.1) is 0 Å². The molecule has 1 aliphatic heterocycles. The van der Waals surface area contributed by atoms with Crippen LogP contribution in [0.25, 0.3) is 6.08 Å². The van der Waals surface area contributed by atoms with Crippen molar-refractivity contribution < 1.29 is 9.53 Å². The molecule has 1 heterocycles. The Morgan fingerprint density at radius 1 is 1.26 bits per heavy atom. The molecule has 0 radical (unpaired) electrons. The lowest BCUT2D eigenvalue weighted by Gasteiger charge is -2.30. The van der Waals surface area contributed by atoms with Crippen molar-refractivity contribution in [1.82, 2.24) is 4.90 Å². The van der Waals surface area contributed by atoms with Crippen molar-refractivity contribution in [1.29, 1.82) is 0 Å². The van der Waals surface area contributed by atoms with E-state index in [2.05, 4.69) is 45.3 Å². The first-order chi connectivity index (χ1) is 13.0. The van der Waals surface area contributed by atoms with E-state index in [0.717, 1.165) is 28.0 Å². The van der Waals surface area contributed by atoms with Gasteiger partial charge in [0, 0.05) is 28.3 Å². The van der Waals surface area contributed by atoms with Crippen molar-refractivity contribution in [2.75, 3.05) is 32.6 Å².